The second-order valence-electron chi connectivity index (χ2n) is 3.04. The number of amides is 1. The van der Waals surface area contributed by atoms with E-state index in [0.29, 0.717) is 18.7 Å². The molecule has 0 aromatic carbocycles. The summed E-state index contributed by atoms with van der Waals surface area (Å²) >= 11 is 1.48. The number of carbonyl (C=O) groups excluding carboxylic acids is 1. The average molecular weight is 218 g/mol. The third kappa shape index (κ3) is 3.19. The first-order valence-electron chi connectivity index (χ1n) is 4.50. The van der Waals surface area contributed by atoms with Crippen molar-refractivity contribution in [3.8, 4) is 0 Å². The van der Waals surface area contributed by atoms with Crippen LogP contribution in [-0.2, 0) is 9.59 Å². The van der Waals surface area contributed by atoms with E-state index in [1.54, 1.807) is 0 Å². The highest BCUT2D eigenvalue weighted by atomic mass is 32.2. The lowest BCUT2D eigenvalue weighted by molar-refractivity contribution is -0.138. The molecule has 1 aliphatic heterocycles. The zero-order chi connectivity index (χ0) is 10.6. The molecule has 0 saturated carbocycles. The highest BCUT2D eigenvalue weighted by Gasteiger charge is 2.30. The third-order valence-corrected chi connectivity index (χ3v) is 3.12. The molecular weight excluding hydrogens is 204 g/mol. The van der Waals surface area contributed by atoms with Crippen molar-refractivity contribution < 1.29 is 14.7 Å². The van der Waals surface area contributed by atoms with Crippen LogP contribution in [0.1, 0.15) is 13.3 Å². The van der Waals surface area contributed by atoms with E-state index in [-0.39, 0.29) is 11.3 Å². The Bertz CT molecular complexity index is 235. The molecule has 0 aromatic rings. The molecule has 1 amide bonds. The molecule has 1 rings (SSSR count). The largest absolute Gasteiger partial charge is 0.480 e. The number of hydrogen-bond donors (Lipinski definition) is 3. The van der Waals surface area contributed by atoms with Crippen molar-refractivity contribution in [1.29, 1.82) is 0 Å². The average Bonchev–Trinajstić information content (AvgIpc) is 2.53. The molecule has 1 unspecified atom stereocenters. The minimum atomic E-state index is -0.851. The zero-order valence-corrected chi connectivity index (χ0v) is 8.76. The van der Waals surface area contributed by atoms with Gasteiger partial charge in [-0.25, -0.2) is 0 Å². The summed E-state index contributed by atoms with van der Waals surface area (Å²) in [6, 6.07) is -0.514. The van der Waals surface area contributed by atoms with Crippen molar-refractivity contribution in [2.75, 3.05) is 12.3 Å². The Morgan fingerprint density at radius 1 is 1.64 bits per heavy atom. The van der Waals surface area contributed by atoms with Gasteiger partial charge in [-0.1, -0.05) is 0 Å². The maximum atomic E-state index is 11.2. The van der Waals surface area contributed by atoms with Crippen LogP contribution in [0.5, 0.6) is 0 Å². The molecule has 6 heteroatoms. The molecule has 80 valence electrons. The first-order valence-corrected chi connectivity index (χ1v) is 5.55. The highest BCUT2D eigenvalue weighted by Crippen LogP contribution is 2.21. The number of carbonyl (C=O) groups is 2. The van der Waals surface area contributed by atoms with Gasteiger partial charge in [-0.05, 0) is 6.92 Å². The fourth-order valence-electron chi connectivity index (χ4n) is 1.23. The Hall–Kier alpha value is -0.750. The van der Waals surface area contributed by atoms with Crippen LogP contribution >= 0.6 is 11.8 Å². The van der Waals surface area contributed by atoms with Crippen LogP contribution in [0.15, 0.2) is 0 Å². The van der Waals surface area contributed by atoms with Crippen LogP contribution in [0.25, 0.3) is 0 Å². The van der Waals surface area contributed by atoms with Crippen molar-refractivity contribution in [3.05, 3.63) is 0 Å². The second-order valence-corrected chi connectivity index (χ2v) is 4.27. The summed E-state index contributed by atoms with van der Waals surface area (Å²) in [7, 11) is 0. The first-order chi connectivity index (χ1) is 6.63. The van der Waals surface area contributed by atoms with E-state index in [0.717, 1.165) is 0 Å². The number of rotatable bonds is 4. The van der Waals surface area contributed by atoms with Gasteiger partial charge in [0, 0.05) is 12.3 Å². The van der Waals surface area contributed by atoms with Crippen molar-refractivity contribution in [2.24, 2.45) is 0 Å². The lowest BCUT2D eigenvalue weighted by atomic mass is 10.3. The Balaban J connectivity index is 2.28. The molecule has 0 radical (unpaired) electrons. The zero-order valence-electron chi connectivity index (χ0n) is 7.95. The number of aliphatic carboxylic acids is 1. The second kappa shape index (κ2) is 5.21. The van der Waals surface area contributed by atoms with Gasteiger partial charge in [0.1, 0.15) is 6.04 Å². The maximum Gasteiger partial charge on any atom is 0.321 e. The van der Waals surface area contributed by atoms with Crippen molar-refractivity contribution in [1.82, 2.24) is 10.6 Å². The Kier molecular flexibility index (Phi) is 4.21. The smallest absolute Gasteiger partial charge is 0.321 e. The summed E-state index contributed by atoms with van der Waals surface area (Å²) in [6.45, 7) is 2.46. The van der Waals surface area contributed by atoms with Gasteiger partial charge in [-0.2, -0.15) is 0 Å². The third-order valence-electron chi connectivity index (χ3n) is 1.89. The van der Waals surface area contributed by atoms with Crippen molar-refractivity contribution in [2.45, 2.75) is 24.8 Å². The molecule has 0 spiro atoms. The van der Waals surface area contributed by atoms with Crippen LogP contribution in [0.3, 0.4) is 0 Å². The van der Waals surface area contributed by atoms with E-state index < -0.39 is 12.0 Å². The minimum Gasteiger partial charge on any atom is -0.480 e. The molecule has 3 N–H and O–H groups in total. The van der Waals surface area contributed by atoms with Crippen molar-refractivity contribution >= 4 is 23.6 Å². The van der Waals surface area contributed by atoms with Crippen molar-refractivity contribution in [3.63, 3.8) is 0 Å². The summed E-state index contributed by atoms with van der Waals surface area (Å²) in [6.07, 6.45) is 0.336. The Morgan fingerprint density at radius 3 is 2.86 bits per heavy atom. The monoisotopic (exact) mass is 218 g/mol. The lowest BCUT2D eigenvalue weighted by Crippen LogP contribution is -2.38. The molecule has 1 heterocycles. The van der Waals surface area contributed by atoms with Gasteiger partial charge in [-0.3, -0.25) is 14.9 Å². The van der Waals surface area contributed by atoms with Crippen LogP contribution in [-0.4, -0.2) is 40.7 Å². The predicted molar refractivity (Wildman–Crippen MR) is 54.1 cm³/mol. The Labute approximate surface area is 86.6 Å². The van der Waals surface area contributed by atoms with E-state index in [1.165, 1.54) is 11.8 Å². The highest BCUT2D eigenvalue weighted by molar-refractivity contribution is 8.00. The summed E-state index contributed by atoms with van der Waals surface area (Å²) < 4.78 is 0. The quantitative estimate of drug-likeness (QED) is 0.600. The van der Waals surface area contributed by atoms with E-state index in [1.807, 2.05) is 6.92 Å². The molecule has 1 aliphatic rings. The normalized spacial score (nSPS) is 26.1. The topological polar surface area (TPSA) is 78.4 Å². The van der Waals surface area contributed by atoms with Crippen LogP contribution in [0, 0.1) is 0 Å². The fourth-order valence-corrected chi connectivity index (χ4v) is 2.42. The Morgan fingerprint density at radius 2 is 2.36 bits per heavy atom. The van der Waals surface area contributed by atoms with Crippen LogP contribution in [0.4, 0.5) is 0 Å². The molecular formula is C8H14N2O3S. The molecule has 1 saturated heterocycles. The van der Waals surface area contributed by atoms with E-state index >= 15 is 0 Å². The first kappa shape index (κ1) is 11.3. The molecule has 5 nitrogen and oxygen atoms in total. The van der Waals surface area contributed by atoms with E-state index in [4.69, 9.17) is 5.11 Å². The lowest BCUT2D eigenvalue weighted by Gasteiger charge is -2.09. The molecule has 2 atom stereocenters. The van der Waals surface area contributed by atoms with Gasteiger partial charge in [0.2, 0.25) is 5.91 Å². The number of carboxylic acids is 1. The maximum absolute atomic E-state index is 11.2. The fraction of sp³-hybridized carbons (Fsp3) is 0.750. The minimum absolute atomic E-state index is 0.0384. The standard InChI is InChI=1S/C8H14N2O3S/c1-2-9-6(11)3-7-10-5(4-14-7)8(12)13/h5,7,10H,2-4H2,1H3,(H,9,11)(H,12,13)/t5-,7?/m0/s1. The number of carboxylic acid groups (broad SMARTS) is 1. The predicted octanol–water partition coefficient (Wildman–Crippen LogP) is -0.372. The number of hydrogen-bond acceptors (Lipinski definition) is 4. The SMILES string of the molecule is CCNC(=O)CC1N[C@H](C(=O)O)CS1. The summed E-state index contributed by atoms with van der Waals surface area (Å²) in [5.41, 5.74) is 0. The van der Waals surface area contributed by atoms with Gasteiger partial charge >= 0.3 is 5.97 Å². The molecule has 0 aromatic heterocycles. The van der Waals surface area contributed by atoms with Gasteiger partial charge in [-0.15, -0.1) is 11.8 Å². The molecule has 0 aliphatic carbocycles. The van der Waals surface area contributed by atoms with E-state index in [9.17, 15) is 9.59 Å². The van der Waals surface area contributed by atoms with Crippen LogP contribution in [0.2, 0.25) is 0 Å². The van der Waals surface area contributed by atoms with Gasteiger partial charge in [0.15, 0.2) is 0 Å². The number of thioether (sulfide) groups is 1. The number of nitrogens with one attached hydrogen (secondary N) is 2. The van der Waals surface area contributed by atoms with Crippen LogP contribution < -0.4 is 10.6 Å². The summed E-state index contributed by atoms with van der Waals surface area (Å²) in [5, 5.41) is 14.2. The van der Waals surface area contributed by atoms with Gasteiger partial charge in [0.05, 0.1) is 11.8 Å². The van der Waals surface area contributed by atoms with Gasteiger partial charge < -0.3 is 10.4 Å². The summed E-state index contributed by atoms with van der Waals surface area (Å²) in [5.74, 6) is -0.362. The summed E-state index contributed by atoms with van der Waals surface area (Å²) in [4.78, 5) is 21.7. The molecule has 14 heavy (non-hydrogen) atoms. The molecule has 1 fully saturated rings. The van der Waals surface area contributed by atoms with E-state index in [2.05, 4.69) is 10.6 Å². The molecule has 0 bridgehead atoms. The van der Waals surface area contributed by atoms with Gasteiger partial charge in [0.25, 0.3) is 0 Å².